The fraction of sp³-hybridized carbons (Fsp3) is 0.100. The van der Waals surface area contributed by atoms with Crippen molar-refractivity contribution in [3.8, 4) is 22.3 Å². The van der Waals surface area contributed by atoms with Crippen molar-refractivity contribution in [1.82, 2.24) is 4.98 Å². The molecule has 5 heteroatoms. The molecule has 3 aromatic rings. The number of ketones is 1. The molecule has 1 aromatic heterocycles. The smallest absolute Gasteiger partial charge is 0.160 e. The van der Waals surface area contributed by atoms with Crippen LogP contribution in [-0.4, -0.2) is 10.8 Å². The van der Waals surface area contributed by atoms with Crippen molar-refractivity contribution < 1.29 is 13.6 Å². The molecule has 1 heterocycles. The highest BCUT2D eigenvalue weighted by Crippen LogP contribution is 2.41. The quantitative estimate of drug-likeness (QED) is 0.550. The Kier molecular flexibility index (Phi) is 4.64. The average molecular weight is 358 g/mol. The van der Waals surface area contributed by atoms with Gasteiger partial charge in [-0.1, -0.05) is 11.6 Å². The lowest BCUT2D eigenvalue weighted by Gasteiger charge is -2.18. The largest absolute Gasteiger partial charge is 0.294 e. The number of carbonyl (C=O) groups excluding carboxylic acids is 1. The molecule has 0 unspecified atom stereocenters. The zero-order chi connectivity index (χ0) is 18.1. The Morgan fingerprint density at radius 3 is 2.12 bits per heavy atom. The van der Waals surface area contributed by atoms with Crippen LogP contribution in [0.4, 0.5) is 8.78 Å². The number of benzene rings is 2. The van der Waals surface area contributed by atoms with E-state index in [1.54, 1.807) is 37.5 Å². The summed E-state index contributed by atoms with van der Waals surface area (Å²) < 4.78 is 27.6. The summed E-state index contributed by atoms with van der Waals surface area (Å²) in [7, 11) is 0. The first-order chi connectivity index (χ1) is 11.9. The summed E-state index contributed by atoms with van der Waals surface area (Å²) in [5.41, 5.74) is 3.19. The molecule has 0 saturated heterocycles. The maximum atomic E-state index is 13.8. The molecule has 0 fully saturated rings. The van der Waals surface area contributed by atoms with Crippen LogP contribution in [0.15, 0.2) is 48.8 Å². The summed E-state index contributed by atoms with van der Waals surface area (Å²) in [5, 5.41) is 0.414. The van der Waals surface area contributed by atoms with E-state index < -0.39 is 11.6 Å². The minimum atomic E-state index is -0.710. The second kappa shape index (κ2) is 6.73. The van der Waals surface area contributed by atoms with Gasteiger partial charge in [-0.15, -0.1) is 0 Å². The fourth-order valence-corrected chi connectivity index (χ4v) is 3.11. The third-order valence-corrected chi connectivity index (χ3v) is 4.42. The van der Waals surface area contributed by atoms with Crippen molar-refractivity contribution in [3.63, 3.8) is 0 Å². The molecule has 126 valence electrons. The van der Waals surface area contributed by atoms with Crippen LogP contribution >= 0.6 is 11.6 Å². The lowest BCUT2D eigenvalue weighted by Crippen LogP contribution is -2.02. The van der Waals surface area contributed by atoms with Crippen LogP contribution in [0.3, 0.4) is 0 Å². The Bertz CT molecular complexity index is 951. The van der Waals surface area contributed by atoms with Gasteiger partial charge >= 0.3 is 0 Å². The number of hydrogen-bond acceptors (Lipinski definition) is 2. The maximum Gasteiger partial charge on any atom is 0.160 e. The topological polar surface area (TPSA) is 30.0 Å². The molecule has 0 bridgehead atoms. The highest BCUT2D eigenvalue weighted by molar-refractivity contribution is 6.32. The van der Waals surface area contributed by atoms with Gasteiger partial charge in [-0.05, 0) is 66.4 Å². The summed E-state index contributed by atoms with van der Waals surface area (Å²) in [6.45, 7) is 3.21. The number of carbonyl (C=O) groups is 1. The van der Waals surface area contributed by atoms with Crippen molar-refractivity contribution in [3.05, 3.63) is 76.6 Å². The van der Waals surface area contributed by atoms with Gasteiger partial charge in [0.15, 0.2) is 5.78 Å². The standard InChI is InChI=1S/C20H14ClF2NO/c1-11-18(21)10-17(12(2)25)20(14-7-15(22)9-16(23)8-14)19(11)13-3-5-24-6-4-13/h3-10H,1-2H3. The van der Waals surface area contributed by atoms with E-state index in [2.05, 4.69) is 4.98 Å². The summed E-state index contributed by atoms with van der Waals surface area (Å²) in [4.78, 5) is 16.2. The van der Waals surface area contributed by atoms with Crippen molar-refractivity contribution in [1.29, 1.82) is 0 Å². The number of hydrogen-bond donors (Lipinski definition) is 0. The van der Waals surface area contributed by atoms with E-state index in [9.17, 15) is 13.6 Å². The Balaban J connectivity index is 2.46. The van der Waals surface area contributed by atoms with Crippen LogP contribution in [-0.2, 0) is 0 Å². The molecular weight excluding hydrogens is 344 g/mol. The number of halogens is 3. The number of nitrogens with zero attached hydrogens (tertiary/aromatic N) is 1. The first-order valence-corrected chi connectivity index (χ1v) is 7.97. The van der Waals surface area contributed by atoms with Gasteiger partial charge in [0.1, 0.15) is 11.6 Å². The van der Waals surface area contributed by atoms with Gasteiger partial charge in [0.05, 0.1) is 0 Å². The summed E-state index contributed by atoms with van der Waals surface area (Å²) in [6.07, 6.45) is 3.22. The van der Waals surface area contributed by atoms with E-state index in [1.807, 2.05) is 0 Å². The predicted octanol–water partition coefficient (Wildman–Crippen LogP) is 5.86. The molecule has 3 rings (SSSR count). The number of aromatic nitrogens is 1. The van der Waals surface area contributed by atoms with Gasteiger partial charge in [0.2, 0.25) is 0 Å². The van der Waals surface area contributed by atoms with Crippen LogP contribution in [0.2, 0.25) is 5.02 Å². The molecule has 0 saturated carbocycles. The van der Waals surface area contributed by atoms with E-state index in [4.69, 9.17) is 11.6 Å². The van der Waals surface area contributed by atoms with Gasteiger partial charge in [-0.2, -0.15) is 0 Å². The van der Waals surface area contributed by atoms with E-state index in [1.165, 1.54) is 19.1 Å². The Morgan fingerprint density at radius 1 is 0.960 bits per heavy atom. The molecule has 25 heavy (non-hydrogen) atoms. The van der Waals surface area contributed by atoms with E-state index in [-0.39, 0.29) is 11.3 Å². The highest BCUT2D eigenvalue weighted by atomic mass is 35.5. The molecule has 0 spiro atoms. The predicted molar refractivity (Wildman–Crippen MR) is 94.8 cm³/mol. The van der Waals surface area contributed by atoms with Crippen molar-refractivity contribution in [2.75, 3.05) is 0 Å². The van der Waals surface area contributed by atoms with E-state index in [0.29, 0.717) is 21.7 Å². The Morgan fingerprint density at radius 2 is 1.56 bits per heavy atom. The molecule has 0 N–H and O–H groups in total. The number of pyridine rings is 1. The summed E-state index contributed by atoms with van der Waals surface area (Å²) in [6, 6.07) is 8.29. The van der Waals surface area contributed by atoms with Crippen LogP contribution < -0.4 is 0 Å². The Hall–Kier alpha value is -2.59. The third-order valence-electron chi connectivity index (χ3n) is 4.02. The highest BCUT2D eigenvalue weighted by Gasteiger charge is 2.21. The fourth-order valence-electron chi connectivity index (χ4n) is 2.90. The lowest BCUT2D eigenvalue weighted by molar-refractivity contribution is 0.101. The number of rotatable bonds is 3. The summed E-state index contributed by atoms with van der Waals surface area (Å²) >= 11 is 6.32. The SMILES string of the molecule is CC(=O)c1cc(Cl)c(C)c(-c2ccncc2)c1-c1cc(F)cc(F)c1. The third kappa shape index (κ3) is 3.30. The normalized spacial score (nSPS) is 10.8. The molecule has 0 amide bonds. The van der Waals surface area contributed by atoms with Gasteiger partial charge < -0.3 is 0 Å². The van der Waals surface area contributed by atoms with E-state index in [0.717, 1.165) is 17.2 Å². The second-order valence-corrected chi connectivity index (χ2v) is 6.14. The lowest BCUT2D eigenvalue weighted by atomic mass is 9.86. The molecule has 0 radical (unpaired) electrons. The molecule has 2 nitrogen and oxygen atoms in total. The molecular formula is C20H14ClF2NO. The molecule has 2 aromatic carbocycles. The minimum absolute atomic E-state index is 0.239. The van der Waals surface area contributed by atoms with Gasteiger partial charge in [-0.25, -0.2) is 8.78 Å². The van der Waals surface area contributed by atoms with Gasteiger partial charge in [0.25, 0.3) is 0 Å². The minimum Gasteiger partial charge on any atom is -0.294 e. The summed E-state index contributed by atoms with van der Waals surface area (Å²) in [5.74, 6) is -1.66. The molecule has 0 atom stereocenters. The monoisotopic (exact) mass is 357 g/mol. The maximum absolute atomic E-state index is 13.8. The van der Waals surface area contributed by atoms with Crippen molar-refractivity contribution in [2.45, 2.75) is 13.8 Å². The Labute approximate surface area is 149 Å². The van der Waals surface area contributed by atoms with Gasteiger partial charge in [0, 0.05) is 34.6 Å². The molecule has 0 aliphatic heterocycles. The second-order valence-electron chi connectivity index (χ2n) is 5.73. The van der Waals surface area contributed by atoms with Crippen LogP contribution in [0.25, 0.3) is 22.3 Å². The average Bonchev–Trinajstić information content (AvgIpc) is 2.56. The molecule has 0 aliphatic rings. The van der Waals surface area contributed by atoms with Gasteiger partial charge in [-0.3, -0.25) is 9.78 Å². The van der Waals surface area contributed by atoms with Crippen molar-refractivity contribution in [2.24, 2.45) is 0 Å². The van der Waals surface area contributed by atoms with E-state index >= 15 is 0 Å². The first-order valence-electron chi connectivity index (χ1n) is 7.59. The number of Topliss-reactive ketones (excluding diaryl/α,β-unsaturated/α-hetero) is 1. The zero-order valence-electron chi connectivity index (χ0n) is 13.6. The molecule has 0 aliphatic carbocycles. The first kappa shape index (κ1) is 17.2. The van der Waals surface area contributed by atoms with Crippen molar-refractivity contribution >= 4 is 17.4 Å². The van der Waals surface area contributed by atoms with Crippen LogP contribution in [0, 0.1) is 18.6 Å². The van der Waals surface area contributed by atoms with Crippen LogP contribution in [0.5, 0.6) is 0 Å². The van der Waals surface area contributed by atoms with Crippen LogP contribution in [0.1, 0.15) is 22.8 Å². The zero-order valence-corrected chi connectivity index (χ0v) is 14.4.